The van der Waals surface area contributed by atoms with Gasteiger partial charge in [-0.25, -0.2) is 0 Å². The Morgan fingerprint density at radius 3 is 2.47 bits per heavy atom. The highest BCUT2D eigenvalue weighted by atomic mass is 16.5. The molecule has 30 heavy (non-hydrogen) atoms. The maximum absolute atomic E-state index is 12.7. The van der Waals surface area contributed by atoms with Crippen LogP contribution in [0.4, 0.5) is 0 Å². The number of nitrogens with one attached hydrogen (secondary N) is 1. The first-order valence-electron chi connectivity index (χ1n) is 11.2. The summed E-state index contributed by atoms with van der Waals surface area (Å²) in [4.78, 5) is 23.8. The van der Waals surface area contributed by atoms with Crippen LogP contribution < -0.4 is 10.1 Å². The Balaban J connectivity index is 1.47. The SMILES string of the molecule is CN=C(NCCc1cc(C)ccc1OC)N1CCN(C(C)C(=O)N2CCCC2)CC1. The molecule has 2 aliphatic heterocycles. The van der Waals surface area contributed by atoms with E-state index in [9.17, 15) is 4.79 Å². The smallest absolute Gasteiger partial charge is 0.239 e. The molecule has 2 fully saturated rings. The summed E-state index contributed by atoms with van der Waals surface area (Å²) in [5, 5.41) is 3.50. The fourth-order valence-electron chi connectivity index (χ4n) is 4.42. The van der Waals surface area contributed by atoms with Crippen LogP contribution in [0.1, 0.15) is 30.9 Å². The Labute approximate surface area is 181 Å². The number of likely N-dealkylation sites (tertiary alicyclic amines) is 1. The van der Waals surface area contributed by atoms with Gasteiger partial charge < -0.3 is 19.9 Å². The van der Waals surface area contributed by atoms with E-state index in [0.29, 0.717) is 0 Å². The van der Waals surface area contributed by atoms with Crippen molar-refractivity contribution in [2.24, 2.45) is 4.99 Å². The summed E-state index contributed by atoms with van der Waals surface area (Å²) < 4.78 is 5.49. The van der Waals surface area contributed by atoms with Gasteiger partial charge in [0, 0.05) is 52.9 Å². The van der Waals surface area contributed by atoms with Gasteiger partial charge in [-0.15, -0.1) is 0 Å². The summed E-state index contributed by atoms with van der Waals surface area (Å²) in [6.07, 6.45) is 3.16. The molecule has 0 bridgehead atoms. The fraction of sp³-hybridized carbons (Fsp3) is 0.652. The van der Waals surface area contributed by atoms with E-state index in [-0.39, 0.29) is 11.9 Å². The molecule has 0 aromatic heterocycles. The number of methoxy groups -OCH3 is 1. The maximum Gasteiger partial charge on any atom is 0.239 e. The molecule has 2 saturated heterocycles. The van der Waals surface area contributed by atoms with E-state index in [4.69, 9.17) is 4.74 Å². The summed E-state index contributed by atoms with van der Waals surface area (Å²) in [5.74, 6) is 2.15. The highest BCUT2D eigenvalue weighted by Gasteiger charge is 2.30. The van der Waals surface area contributed by atoms with E-state index < -0.39 is 0 Å². The van der Waals surface area contributed by atoms with E-state index in [1.165, 1.54) is 11.1 Å². The van der Waals surface area contributed by atoms with Gasteiger partial charge in [-0.05, 0) is 44.7 Å². The number of nitrogens with zero attached hydrogens (tertiary/aromatic N) is 4. The molecule has 0 saturated carbocycles. The average Bonchev–Trinajstić information content (AvgIpc) is 3.31. The van der Waals surface area contributed by atoms with Crippen molar-refractivity contribution in [1.82, 2.24) is 20.0 Å². The summed E-state index contributed by atoms with van der Waals surface area (Å²) in [6, 6.07) is 6.25. The van der Waals surface area contributed by atoms with Crippen LogP contribution in [0.15, 0.2) is 23.2 Å². The Kier molecular flexibility index (Phi) is 7.96. The number of amides is 1. The number of guanidine groups is 1. The molecular weight excluding hydrogens is 378 g/mol. The Bertz CT molecular complexity index is 737. The zero-order valence-corrected chi connectivity index (χ0v) is 19.0. The fourth-order valence-corrected chi connectivity index (χ4v) is 4.42. The van der Waals surface area contributed by atoms with Crippen LogP contribution in [-0.4, -0.2) is 92.6 Å². The third-order valence-corrected chi connectivity index (χ3v) is 6.26. The molecule has 2 heterocycles. The normalized spacial score (nSPS) is 19.1. The highest BCUT2D eigenvalue weighted by Crippen LogP contribution is 2.20. The third kappa shape index (κ3) is 5.45. The van der Waals surface area contributed by atoms with Crippen molar-refractivity contribution in [3.05, 3.63) is 29.3 Å². The zero-order chi connectivity index (χ0) is 21.5. The lowest BCUT2D eigenvalue weighted by Gasteiger charge is -2.39. The predicted molar refractivity (Wildman–Crippen MR) is 121 cm³/mol. The zero-order valence-electron chi connectivity index (χ0n) is 19.0. The van der Waals surface area contributed by atoms with E-state index in [2.05, 4.69) is 46.1 Å². The first-order valence-corrected chi connectivity index (χ1v) is 11.2. The lowest BCUT2D eigenvalue weighted by Crippen LogP contribution is -2.57. The van der Waals surface area contributed by atoms with E-state index in [0.717, 1.165) is 76.8 Å². The van der Waals surface area contributed by atoms with Crippen molar-refractivity contribution >= 4 is 11.9 Å². The highest BCUT2D eigenvalue weighted by molar-refractivity contribution is 5.82. The first-order chi connectivity index (χ1) is 14.5. The Morgan fingerprint density at radius 1 is 1.13 bits per heavy atom. The van der Waals surface area contributed by atoms with Gasteiger partial charge in [0.05, 0.1) is 13.2 Å². The number of ether oxygens (including phenoxy) is 1. The predicted octanol–water partition coefficient (Wildman–Crippen LogP) is 1.75. The molecular formula is C23H37N5O2. The van der Waals surface area contributed by atoms with Gasteiger partial charge in [0.2, 0.25) is 5.91 Å². The van der Waals surface area contributed by atoms with E-state index in [1.807, 2.05) is 18.0 Å². The van der Waals surface area contributed by atoms with Crippen molar-refractivity contribution in [3.63, 3.8) is 0 Å². The second kappa shape index (κ2) is 10.7. The number of aliphatic imine (C=N–C) groups is 1. The average molecular weight is 416 g/mol. The van der Waals surface area contributed by atoms with Crippen LogP contribution >= 0.6 is 0 Å². The molecule has 7 nitrogen and oxygen atoms in total. The van der Waals surface area contributed by atoms with Crippen molar-refractivity contribution < 1.29 is 9.53 Å². The van der Waals surface area contributed by atoms with Crippen molar-refractivity contribution in [2.45, 2.75) is 39.2 Å². The minimum atomic E-state index is -0.0333. The summed E-state index contributed by atoms with van der Waals surface area (Å²) in [7, 11) is 3.55. The molecule has 1 unspecified atom stereocenters. The van der Waals surface area contributed by atoms with Crippen LogP contribution in [0, 0.1) is 6.92 Å². The topological polar surface area (TPSA) is 60.4 Å². The van der Waals surface area contributed by atoms with Gasteiger partial charge in [0.1, 0.15) is 5.75 Å². The Morgan fingerprint density at radius 2 is 1.83 bits per heavy atom. The molecule has 2 aliphatic rings. The van der Waals surface area contributed by atoms with Gasteiger partial charge in [0.15, 0.2) is 5.96 Å². The number of carbonyl (C=O) groups is 1. The summed E-state index contributed by atoms with van der Waals surface area (Å²) >= 11 is 0. The number of hydrogen-bond donors (Lipinski definition) is 1. The third-order valence-electron chi connectivity index (χ3n) is 6.26. The second-order valence-electron chi connectivity index (χ2n) is 8.27. The number of benzene rings is 1. The van der Waals surface area contributed by atoms with Gasteiger partial charge in [0.25, 0.3) is 0 Å². The van der Waals surface area contributed by atoms with E-state index >= 15 is 0 Å². The van der Waals surface area contributed by atoms with Crippen molar-refractivity contribution in [2.75, 3.05) is 60.0 Å². The number of aryl methyl sites for hydroxylation is 1. The molecule has 7 heteroatoms. The number of piperazine rings is 1. The van der Waals surface area contributed by atoms with Crippen LogP contribution in [0.25, 0.3) is 0 Å². The monoisotopic (exact) mass is 415 g/mol. The summed E-state index contributed by atoms with van der Waals surface area (Å²) in [5.41, 5.74) is 2.45. The number of rotatable bonds is 6. The first kappa shape index (κ1) is 22.4. The van der Waals surface area contributed by atoms with Crippen LogP contribution in [-0.2, 0) is 11.2 Å². The van der Waals surface area contributed by atoms with Crippen molar-refractivity contribution in [3.8, 4) is 5.75 Å². The molecule has 0 radical (unpaired) electrons. The molecule has 1 atom stereocenters. The molecule has 1 amide bonds. The molecule has 0 aliphatic carbocycles. The number of carbonyl (C=O) groups excluding carboxylic acids is 1. The molecule has 0 spiro atoms. The quantitative estimate of drug-likeness (QED) is 0.567. The Hall–Kier alpha value is -2.28. The van der Waals surface area contributed by atoms with Crippen LogP contribution in [0.3, 0.4) is 0 Å². The molecule has 1 aromatic carbocycles. The standard InChI is InChI=1S/C23H37N5O2/c1-18-7-8-21(30-4)20(17-18)9-10-25-23(24-3)28-15-13-26(14-16-28)19(2)22(29)27-11-5-6-12-27/h7-8,17,19H,5-6,9-16H2,1-4H3,(H,24,25). The van der Waals surface area contributed by atoms with Gasteiger partial charge in [-0.3, -0.25) is 14.7 Å². The minimum Gasteiger partial charge on any atom is -0.496 e. The molecule has 1 N–H and O–H groups in total. The van der Waals surface area contributed by atoms with Crippen molar-refractivity contribution in [1.29, 1.82) is 0 Å². The minimum absolute atomic E-state index is 0.0333. The molecule has 166 valence electrons. The molecule has 1 aromatic rings. The maximum atomic E-state index is 12.7. The lowest BCUT2D eigenvalue weighted by atomic mass is 10.1. The van der Waals surface area contributed by atoms with Crippen LogP contribution in [0.2, 0.25) is 0 Å². The van der Waals surface area contributed by atoms with Gasteiger partial charge in [-0.1, -0.05) is 17.7 Å². The van der Waals surface area contributed by atoms with E-state index in [1.54, 1.807) is 7.11 Å². The lowest BCUT2D eigenvalue weighted by molar-refractivity contribution is -0.135. The van der Waals surface area contributed by atoms with Gasteiger partial charge >= 0.3 is 0 Å². The molecule has 3 rings (SSSR count). The van der Waals surface area contributed by atoms with Crippen LogP contribution in [0.5, 0.6) is 5.75 Å². The largest absolute Gasteiger partial charge is 0.496 e. The second-order valence-corrected chi connectivity index (χ2v) is 8.27. The summed E-state index contributed by atoms with van der Waals surface area (Å²) in [6.45, 7) is 10.3. The van der Waals surface area contributed by atoms with Gasteiger partial charge in [-0.2, -0.15) is 0 Å². The number of hydrogen-bond acceptors (Lipinski definition) is 4.